The highest BCUT2D eigenvalue weighted by atomic mass is 19.1. The van der Waals surface area contributed by atoms with E-state index in [9.17, 15) is 9.18 Å². The Morgan fingerprint density at radius 3 is 2.80 bits per heavy atom. The third kappa shape index (κ3) is 3.26. The van der Waals surface area contributed by atoms with Crippen molar-refractivity contribution in [3.8, 4) is 5.75 Å². The summed E-state index contributed by atoms with van der Waals surface area (Å²) >= 11 is 0. The summed E-state index contributed by atoms with van der Waals surface area (Å²) in [5.74, 6) is -1.23. The summed E-state index contributed by atoms with van der Waals surface area (Å²) in [5.41, 5.74) is 1.76. The highest BCUT2D eigenvalue weighted by Gasteiger charge is 2.05. The van der Waals surface area contributed by atoms with Crippen molar-refractivity contribution in [2.45, 2.75) is 6.54 Å². The maximum absolute atomic E-state index is 13.3. The number of hydrogen-bond donors (Lipinski definition) is 2. The average molecular weight is 275 g/mol. The lowest BCUT2D eigenvalue weighted by molar-refractivity contribution is 0.0697. The molecule has 0 saturated heterocycles. The lowest BCUT2D eigenvalue weighted by atomic mass is 10.1. The highest BCUT2D eigenvalue weighted by Crippen LogP contribution is 2.21. The van der Waals surface area contributed by atoms with Crippen molar-refractivity contribution in [3.05, 3.63) is 59.4 Å². The summed E-state index contributed by atoms with van der Waals surface area (Å²) in [7, 11) is 1.40. The summed E-state index contributed by atoms with van der Waals surface area (Å²) in [6, 6.07) is 11.1. The second-order valence-corrected chi connectivity index (χ2v) is 4.21. The molecule has 0 amide bonds. The molecule has 5 heteroatoms. The minimum Gasteiger partial charge on any atom is -0.494 e. The van der Waals surface area contributed by atoms with Crippen LogP contribution in [0, 0.1) is 5.82 Å². The van der Waals surface area contributed by atoms with E-state index in [2.05, 4.69) is 5.32 Å². The molecule has 2 N–H and O–H groups in total. The first-order valence-corrected chi connectivity index (χ1v) is 6.00. The molecule has 0 aliphatic heterocycles. The van der Waals surface area contributed by atoms with Crippen LogP contribution in [0.3, 0.4) is 0 Å². The number of carboxylic acid groups (broad SMARTS) is 1. The molecule has 2 aromatic rings. The van der Waals surface area contributed by atoms with Crippen molar-refractivity contribution in [3.63, 3.8) is 0 Å². The molecule has 0 aromatic heterocycles. The van der Waals surface area contributed by atoms with E-state index in [-0.39, 0.29) is 11.3 Å². The molecule has 0 fully saturated rings. The van der Waals surface area contributed by atoms with Gasteiger partial charge >= 0.3 is 5.97 Å². The zero-order valence-corrected chi connectivity index (χ0v) is 10.9. The molecule has 20 heavy (non-hydrogen) atoms. The maximum atomic E-state index is 13.3. The van der Waals surface area contributed by atoms with Crippen LogP contribution < -0.4 is 10.1 Å². The molecular formula is C15H14FNO3. The molecule has 0 aliphatic carbocycles. The Morgan fingerprint density at radius 2 is 2.10 bits per heavy atom. The number of methoxy groups -OCH3 is 1. The van der Waals surface area contributed by atoms with Gasteiger partial charge in [0.05, 0.1) is 12.7 Å². The predicted molar refractivity (Wildman–Crippen MR) is 73.7 cm³/mol. The van der Waals surface area contributed by atoms with Gasteiger partial charge in [0.1, 0.15) is 0 Å². The fourth-order valence-corrected chi connectivity index (χ4v) is 1.79. The zero-order valence-electron chi connectivity index (χ0n) is 10.9. The van der Waals surface area contributed by atoms with E-state index in [1.54, 1.807) is 24.3 Å². The van der Waals surface area contributed by atoms with Crippen LogP contribution in [0.2, 0.25) is 0 Å². The van der Waals surface area contributed by atoms with Crippen LogP contribution in [-0.4, -0.2) is 18.2 Å². The van der Waals surface area contributed by atoms with Gasteiger partial charge in [-0.15, -0.1) is 0 Å². The number of benzene rings is 2. The first-order chi connectivity index (χ1) is 9.60. The van der Waals surface area contributed by atoms with E-state index >= 15 is 0 Å². The molecule has 0 heterocycles. The fraction of sp³-hybridized carbons (Fsp3) is 0.133. The number of ether oxygens (including phenoxy) is 1. The number of halogens is 1. The van der Waals surface area contributed by atoms with Crippen molar-refractivity contribution < 1.29 is 19.0 Å². The third-order valence-corrected chi connectivity index (χ3v) is 2.82. The number of anilines is 1. The van der Waals surface area contributed by atoms with Crippen LogP contribution in [-0.2, 0) is 6.54 Å². The van der Waals surface area contributed by atoms with Gasteiger partial charge in [0, 0.05) is 18.3 Å². The monoisotopic (exact) mass is 275 g/mol. The summed E-state index contributed by atoms with van der Waals surface area (Å²) in [6.45, 7) is 0.440. The van der Waals surface area contributed by atoms with E-state index in [4.69, 9.17) is 9.84 Å². The lowest BCUT2D eigenvalue weighted by Crippen LogP contribution is -2.02. The van der Waals surface area contributed by atoms with E-state index in [0.717, 1.165) is 5.56 Å². The van der Waals surface area contributed by atoms with E-state index in [1.165, 1.54) is 19.2 Å². The number of nitrogens with one attached hydrogen (secondary N) is 1. The number of carboxylic acids is 1. The van der Waals surface area contributed by atoms with Crippen LogP contribution in [0.25, 0.3) is 0 Å². The van der Waals surface area contributed by atoms with Gasteiger partial charge in [0.2, 0.25) is 0 Å². The second-order valence-electron chi connectivity index (χ2n) is 4.21. The van der Waals surface area contributed by atoms with Crippen molar-refractivity contribution in [2.24, 2.45) is 0 Å². The van der Waals surface area contributed by atoms with Gasteiger partial charge in [-0.2, -0.15) is 0 Å². The van der Waals surface area contributed by atoms with Crippen LogP contribution in [0.15, 0.2) is 42.5 Å². The molecule has 2 rings (SSSR count). The molecule has 0 unspecified atom stereocenters. The van der Waals surface area contributed by atoms with Gasteiger partial charge in [0.25, 0.3) is 0 Å². The van der Waals surface area contributed by atoms with Crippen molar-refractivity contribution in [2.75, 3.05) is 12.4 Å². The Hall–Kier alpha value is -2.56. The third-order valence-electron chi connectivity index (χ3n) is 2.82. The SMILES string of the molecule is COc1cc(NCc2cccc(C(=O)O)c2)ccc1F. The maximum Gasteiger partial charge on any atom is 0.335 e. The van der Waals surface area contributed by atoms with E-state index in [0.29, 0.717) is 12.2 Å². The largest absolute Gasteiger partial charge is 0.494 e. The summed E-state index contributed by atoms with van der Waals surface area (Å²) < 4.78 is 18.2. The molecule has 0 spiro atoms. The average Bonchev–Trinajstić information content (AvgIpc) is 2.46. The molecular weight excluding hydrogens is 261 g/mol. The van der Waals surface area contributed by atoms with E-state index in [1.807, 2.05) is 6.07 Å². The van der Waals surface area contributed by atoms with Gasteiger partial charge in [-0.1, -0.05) is 12.1 Å². The zero-order chi connectivity index (χ0) is 14.5. The van der Waals surface area contributed by atoms with Crippen LogP contribution in [0.5, 0.6) is 5.75 Å². The Bertz CT molecular complexity index is 628. The van der Waals surface area contributed by atoms with Crippen molar-refractivity contribution in [1.29, 1.82) is 0 Å². The van der Waals surface area contributed by atoms with Crippen molar-refractivity contribution >= 4 is 11.7 Å². The Labute approximate surface area is 115 Å². The second kappa shape index (κ2) is 6.06. The van der Waals surface area contributed by atoms with Crippen LogP contribution in [0.1, 0.15) is 15.9 Å². The molecule has 0 aliphatic rings. The molecule has 0 radical (unpaired) electrons. The van der Waals surface area contributed by atoms with Gasteiger partial charge in [0.15, 0.2) is 11.6 Å². The van der Waals surface area contributed by atoms with Gasteiger partial charge in [-0.3, -0.25) is 0 Å². The fourth-order valence-electron chi connectivity index (χ4n) is 1.79. The van der Waals surface area contributed by atoms with Gasteiger partial charge in [-0.25, -0.2) is 9.18 Å². The lowest BCUT2D eigenvalue weighted by Gasteiger charge is -2.09. The molecule has 4 nitrogen and oxygen atoms in total. The summed E-state index contributed by atoms with van der Waals surface area (Å²) in [4.78, 5) is 10.9. The highest BCUT2D eigenvalue weighted by molar-refractivity contribution is 5.87. The van der Waals surface area contributed by atoms with Gasteiger partial charge in [-0.05, 0) is 29.8 Å². The quantitative estimate of drug-likeness (QED) is 0.880. The molecule has 2 aromatic carbocycles. The minimum atomic E-state index is -0.963. The summed E-state index contributed by atoms with van der Waals surface area (Å²) in [6.07, 6.45) is 0. The van der Waals surface area contributed by atoms with Crippen LogP contribution in [0.4, 0.5) is 10.1 Å². The first-order valence-electron chi connectivity index (χ1n) is 6.00. The topological polar surface area (TPSA) is 58.6 Å². The Morgan fingerprint density at radius 1 is 1.30 bits per heavy atom. The van der Waals surface area contributed by atoms with Gasteiger partial charge < -0.3 is 15.2 Å². The number of hydrogen-bond acceptors (Lipinski definition) is 3. The molecule has 104 valence electrons. The summed E-state index contributed by atoms with van der Waals surface area (Å²) in [5, 5.41) is 12.0. The van der Waals surface area contributed by atoms with Crippen LogP contribution >= 0.6 is 0 Å². The number of aromatic carboxylic acids is 1. The molecule has 0 bridgehead atoms. The first kappa shape index (κ1) is 13.9. The minimum absolute atomic E-state index is 0.161. The Balaban J connectivity index is 2.08. The molecule has 0 atom stereocenters. The smallest absolute Gasteiger partial charge is 0.335 e. The molecule has 0 saturated carbocycles. The van der Waals surface area contributed by atoms with Crippen molar-refractivity contribution in [1.82, 2.24) is 0 Å². The van der Waals surface area contributed by atoms with E-state index < -0.39 is 11.8 Å². The standard InChI is InChI=1S/C15H14FNO3/c1-20-14-8-12(5-6-13(14)16)17-9-10-3-2-4-11(7-10)15(18)19/h2-8,17H,9H2,1H3,(H,18,19). The predicted octanol–water partition coefficient (Wildman–Crippen LogP) is 3.14. The Kier molecular flexibility index (Phi) is 4.20. The number of carbonyl (C=O) groups is 1. The normalized spacial score (nSPS) is 10.1. The number of rotatable bonds is 5.